The van der Waals surface area contributed by atoms with Crippen molar-refractivity contribution in [3.63, 3.8) is 0 Å². The average molecular weight is 451 g/mol. The number of nitrogens with zero attached hydrogens (tertiary/aromatic N) is 2. The van der Waals surface area contributed by atoms with Gasteiger partial charge in [-0.3, -0.25) is 19.7 Å². The summed E-state index contributed by atoms with van der Waals surface area (Å²) in [6, 6.07) is 21.4. The highest BCUT2D eigenvalue weighted by Crippen LogP contribution is 2.24. The van der Waals surface area contributed by atoms with Crippen LogP contribution in [0.4, 0.5) is 5.69 Å². The number of halogens is 1. The Kier molecular flexibility index (Phi) is 7.66. The predicted molar refractivity (Wildman–Crippen MR) is 122 cm³/mol. The van der Waals surface area contributed by atoms with Crippen LogP contribution in [0.3, 0.4) is 0 Å². The fourth-order valence-electron chi connectivity index (χ4n) is 2.93. The monoisotopic (exact) mass is 450 g/mol. The number of benzene rings is 3. The zero-order valence-electron chi connectivity index (χ0n) is 16.8. The van der Waals surface area contributed by atoms with Gasteiger partial charge in [0.25, 0.3) is 11.6 Å². The van der Waals surface area contributed by atoms with Crippen LogP contribution in [0.25, 0.3) is 0 Å². The summed E-state index contributed by atoms with van der Waals surface area (Å²) in [5, 5.41) is 17.7. The number of carbonyl (C=O) groups excluding carboxylic acids is 2. The van der Waals surface area contributed by atoms with Gasteiger partial charge >= 0.3 is 0 Å². The van der Waals surface area contributed by atoms with E-state index >= 15 is 0 Å². The van der Waals surface area contributed by atoms with Crippen LogP contribution in [0, 0.1) is 10.1 Å². The first-order valence-electron chi connectivity index (χ1n) is 9.61. The highest BCUT2D eigenvalue weighted by Gasteiger charge is 2.19. The average Bonchev–Trinajstić information content (AvgIpc) is 2.80. The molecule has 0 heterocycles. The third-order valence-corrected chi connectivity index (χ3v) is 4.82. The smallest absolute Gasteiger partial charge is 0.288 e. The van der Waals surface area contributed by atoms with Gasteiger partial charge in [-0.2, -0.15) is 5.10 Å². The summed E-state index contributed by atoms with van der Waals surface area (Å²) in [7, 11) is 0. The first kappa shape index (κ1) is 22.6. The molecule has 0 saturated carbocycles. The molecule has 0 spiro atoms. The standard InChI is InChI=1S/C23H19ClN4O4/c24-19-12-11-16(13-21(19)28(31)32)15-25-27-22(29)14-20(17-7-3-1-4-8-17)26-23(30)18-9-5-2-6-10-18/h1-13,15,20H,14H2,(H,26,30)(H,27,29)/b25-15-/t20-/m0/s1. The van der Waals surface area contributed by atoms with E-state index in [0.717, 1.165) is 5.56 Å². The molecule has 0 unspecified atom stereocenters. The number of carbonyl (C=O) groups is 2. The topological polar surface area (TPSA) is 114 Å². The molecular formula is C23H19ClN4O4. The Balaban J connectivity index is 1.67. The number of rotatable bonds is 8. The second kappa shape index (κ2) is 10.8. The zero-order chi connectivity index (χ0) is 22.9. The van der Waals surface area contributed by atoms with Gasteiger partial charge in [0.1, 0.15) is 5.02 Å². The van der Waals surface area contributed by atoms with Crippen molar-refractivity contribution in [2.45, 2.75) is 12.5 Å². The Morgan fingerprint density at radius 3 is 2.34 bits per heavy atom. The summed E-state index contributed by atoms with van der Waals surface area (Å²) in [6.45, 7) is 0. The molecule has 0 saturated heterocycles. The van der Waals surface area contributed by atoms with Gasteiger partial charge in [0, 0.05) is 17.2 Å². The Hall–Kier alpha value is -4.04. The minimum absolute atomic E-state index is 0.0102. The Bertz CT molecular complexity index is 1140. The van der Waals surface area contributed by atoms with Crippen molar-refractivity contribution in [1.29, 1.82) is 0 Å². The molecule has 0 aliphatic heterocycles. The van der Waals surface area contributed by atoms with Crippen molar-refractivity contribution in [1.82, 2.24) is 10.7 Å². The maximum Gasteiger partial charge on any atom is 0.288 e. The molecule has 1 atom stereocenters. The Morgan fingerprint density at radius 2 is 1.69 bits per heavy atom. The first-order valence-corrected chi connectivity index (χ1v) is 9.98. The number of hydrogen-bond acceptors (Lipinski definition) is 5. The van der Waals surface area contributed by atoms with Crippen molar-refractivity contribution < 1.29 is 14.5 Å². The number of nitrogens with one attached hydrogen (secondary N) is 2. The lowest BCUT2D eigenvalue weighted by Gasteiger charge is -2.18. The summed E-state index contributed by atoms with van der Waals surface area (Å²) in [6.07, 6.45) is 1.22. The molecule has 3 rings (SSSR count). The second-order valence-corrected chi connectivity index (χ2v) is 7.18. The molecular weight excluding hydrogens is 432 g/mol. The van der Waals surface area contributed by atoms with Crippen LogP contribution in [0.1, 0.15) is 33.9 Å². The number of amides is 2. The minimum Gasteiger partial charge on any atom is -0.345 e. The lowest BCUT2D eigenvalue weighted by atomic mass is 10.0. The normalized spacial score (nSPS) is 11.7. The molecule has 8 nitrogen and oxygen atoms in total. The summed E-state index contributed by atoms with van der Waals surface area (Å²) in [5.41, 5.74) is 3.78. The van der Waals surface area contributed by atoms with Crippen LogP contribution in [0.5, 0.6) is 0 Å². The molecule has 2 N–H and O–H groups in total. The van der Waals surface area contributed by atoms with Crippen molar-refractivity contribution >= 4 is 35.3 Å². The third-order valence-electron chi connectivity index (χ3n) is 4.50. The summed E-state index contributed by atoms with van der Waals surface area (Å²) in [4.78, 5) is 35.4. The predicted octanol–water partition coefficient (Wildman–Crippen LogP) is 4.26. The highest BCUT2D eigenvalue weighted by molar-refractivity contribution is 6.32. The molecule has 32 heavy (non-hydrogen) atoms. The Morgan fingerprint density at radius 1 is 1.03 bits per heavy atom. The van der Waals surface area contributed by atoms with Gasteiger partial charge in [-0.15, -0.1) is 0 Å². The highest BCUT2D eigenvalue weighted by atomic mass is 35.5. The fourth-order valence-corrected chi connectivity index (χ4v) is 3.11. The van der Waals surface area contributed by atoms with E-state index < -0.39 is 16.9 Å². The lowest BCUT2D eigenvalue weighted by molar-refractivity contribution is -0.384. The van der Waals surface area contributed by atoms with Crippen LogP contribution >= 0.6 is 11.6 Å². The SMILES string of the molecule is O=C(C[C@H](NC(=O)c1ccccc1)c1ccccc1)N/N=C\c1ccc(Cl)c([N+](=O)[O-])c1. The summed E-state index contributed by atoms with van der Waals surface area (Å²) in [5.74, 6) is -0.740. The van der Waals surface area contributed by atoms with Gasteiger partial charge in [-0.05, 0) is 23.8 Å². The lowest BCUT2D eigenvalue weighted by Crippen LogP contribution is -2.32. The van der Waals surface area contributed by atoms with Crippen molar-refractivity contribution in [2.75, 3.05) is 0 Å². The van der Waals surface area contributed by atoms with Crippen LogP contribution in [-0.2, 0) is 4.79 Å². The number of hydrogen-bond donors (Lipinski definition) is 2. The zero-order valence-corrected chi connectivity index (χ0v) is 17.5. The fraction of sp³-hybridized carbons (Fsp3) is 0.0870. The molecule has 162 valence electrons. The Labute approximate surface area is 189 Å². The molecule has 3 aromatic rings. The van der Waals surface area contributed by atoms with Crippen LogP contribution < -0.4 is 10.7 Å². The van der Waals surface area contributed by atoms with E-state index in [1.165, 1.54) is 24.4 Å². The van der Waals surface area contributed by atoms with Crippen LogP contribution in [-0.4, -0.2) is 23.0 Å². The van der Waals surface area contributed by atoms with E-state index in [1.54, 1.807) is 24.3 Å². The number of nitro groups is 1. The van der Waals surface area contributed by atoms with Crippen molar-refractivity contribution in [3.05, 3.63) is 111 Å². The van der Waals surface area contributed by atoms with Gasteiger partial charge < -0.3 is 5.32 Å². The van der Waals surface area contributed by atoms with E-state index in [2.05, 4.69) is 15.8 Å². The van der Waals surface area contributed by atoms with Crippen LogP contribution in [0.2, 0.25) is 5.02 Å². The first-order chi connectivity index (χ1) is 15.4. The molecule has 0 fully saturated rings. The molecule has 0 aromatic heterocycles. The number of nitro benzene ring substituents is 1. The minimum atomic E-state index is -0.599. The van der Waals surface area contributed by atoms with Gasteiger partial charge in [-0.25, -0.2) is 5.43 Å². The molecule has 0 aliphatic carbocycles. The summed E-state index contributed by atoms with van der Waals surface area (Å²) >= 11 is 5.79. The second-order valence-electron chi connectivity index (χ2n) is 6.77. The van der Waals surface area contributed by atoms with E-state index in [-0.39, 0.29) is 23.0 Å². The molecule has 2 amide bonds. The van der Waals surface area contributed by atoms with E-state index in [9.17, 15) is 19.7 Å². The van der Waals surface area contributed by atoms with Crippen molar-refractivity contribution in [2.24, 2.45) is 5.10 Å². The van der Waals surface area contributed by atoms with E-state index in [4.69, 9.17) is 11.6 Å². The van der Waals surface area contributed by atoms with Gasteiger partial charge in [0.2, 0.25) is 5.91 Å². The molecule has 3 aromatic carbocycles. The molecule has 0 aliphatic rings. The molecule has 0 bridgehead atoms. The maximum atomic E-state index is 12.6. The van der Waals surface area contributed by atoms with Gasteiger partial charge in [0.05, 0.1) is 23.6 Å². The molecule has 9 heteroatoms. The number of hydrazone groups is 1. The third kappa shape index (κ3) is 6.23. The van der Waals surface area contributed by atoms with E-state index in [0.29, 0.717) is 11.1 Å². The maximum absolute atomic E-state index is 12.6. The largest absolute Gasteiger partial charge is 0.345 e. The van der Waals surface area contributed by atoms with Crippen LogP contribution in [0.15, 0.2) is 84.0 Å². The molecule has 0 radical (unpaired) electrons. The quantitative estimate of drug-likeness (QED) is 0.303. The van der Waals surface area contributed by atoms with E-state index in [1.807, 2.05) is 36.4 Å². The summed E-state index contributed by atoms with van der Waals surface area (Å²) < 4.78 is 0. The van der Waals surface area contributed by atoms with Gasteiger partial charge in [-0.1, -0.05) is 66.2 Å². The van der Waals surface area contributed by atoms with Crippen molar-refractivity contribution in [3.8, 4) is 0 Å². The van der Waals surface area contributed by atoms with Gasteiger partial charge in [0.15, 0.2) is 0 Å².